The Hall–Kier alpha value is -1.83. The quantitative estimate of drug-likeness (QED) is 0.806. The molecule has 2 heteroatoms. The fourth-order valence-electron chi connectivity index (χ4n) is 1.51. The fraction of sp³-hybridized carbons (Fsp3) is 0.154. The van der Waals surface area contributed by atoms with Crippen molar-refractivity contribution in [3.05, 3.63) is 48.3 Å². The van der Waals surface area contributed by atoms with Crippen LogP contribution in [0.1, 0.15) is 12.6 Å². The molecule has 0 aliphatic carbocycles. The lowest BCUT2D eigenvalue weighted by Crippen LogP contribution is -1.86. The average Bonchev–Trinajstić information content (AvgIpc) is 2.30. The third-order valence-electron chi connectivity index (χ3n) is 2.40. The number of benzene rings is 1. The molecule has 1 aromatic carbocycles. The normalized spacial score (nSPS) is 10.2. The molecule has 2 aromatic rings. The number of nitrogens with zero attached hydrogens (tertiary/aromatic N) is 1. The summed E-state index contributed by atoms with van der Waals surface area (Å²) >= 11 is 0. The van der Waals surface area contributed by atoms with E-state index in [1.165, 1.54) is 0 Å². The molecule has 15 heavy (non-hydrogen) atoms. The minimum absolute atomic E-state index is 0.295. The molecule has 0 aliphatic rings. The highest BCUT2D eigenvalue weighted by molar-refractivity contribution is 5.69. The van der Waals surface area contributed by atoms with Crippen molar-refractivity contribution in [3.8, 4) is 16.9 Å². The molecule has 1 aromatic heterocycles. The van der Waals surface area contributed by atoms with Crippen LogP contribution < -0.4 is 0 Å². The van der Waals surface area contributed by atoms with Gasteiger partial charge in [0.05, 0.1) is 0 Å². The maximum atomic E-state index is 9.66. The van der Waals surface area contributed by atoms with Crippen LogP contribution in [0.5, 0.6) is 5.75 Å². The van der Waals surface area contributed by atoms with Gasteiger partial charge in [-0.05, 0) is 18.6 Å². The van der Waals surface area contributed by atoms with Crippen molar-refractivity contribution in [2.24, 2.45) is 0 Å². The van der Waals surface area contributed by atoms with Crippen LogP contribution in [0.25, 0.3) is 11.1 Å². The highest BCUT2D eigenvalue weighted by Gasteiger charge is 2.02. The number of aromatic hydroxyl groups is 1. The Morgan fingerprint density at radius 1 is 1.13 bits per heavy atom. The predicted molar refractivity (Wildman–Crippen MR) is 60.7 cm³/mol. The smallest absolute Gasteiger partial charge is 0.123 e. The summed E-state index contributed by atoms with van der Waals surface area (Å²) in [4.78, 5) is 4.30. The molecule has 0 spiro atoms. The molecule has 76 valence electrons. The maximum absolute atomic E-state index is 9.66. The van der Waals surface area contributed by atoms with E-state index in [1.807, 2.05) is 30.3 Å². The Morgan fingerprint density at radius 3 is 2.53 bits per heavy atom. The standard InChI is InChI=1S/C13H13NO/c1-2-11-8-7-10(9-14-11)12-5-3-4-6-13(12)15/h3-9,15H,2H2,1H3. The molecule has 2 rings (SSSR count). The summed E-state index contributed by atoms with van der Waals surface area (Å²) in [5.74, 6) is 0.295. The largest absolute Gasteiger partial charge is 0.507 e. The first kappa shape index (κ1) is 9.71. The van der Waals surface area contributed by atoms with Crippen LogP contribution in [-0.2, 0) is 6.42 Å². The van der Waals surface area contributed by atoms with Gasteiger partial charge in [0.2, 0.25) is 0 Å². The topological polar surface area (TPSA) is 33.1 Å². The molecule has 2 nitrogen and oxygen atoms in total. The van der Waals surface area contributed by atoms with Crippen LogP contribution in [0.3, 0.4) is 0 Å². The molecule has 0 saturated heterocycles. The molecule has 1 N–H and O–H groups in total. The van der Waals surface area contributed by atoms with Gasteiger partial charge in [0, 0.05) is 23.0 Å². The summed E-state index contributed by atoms with van der Waals surface area (Å²) in [5.41, 5.74) is 2.84. The van der Waals surface area contributed by atoms with E-state index >= 15 is 0 Å². The summed E-state index contributed by atoms with van der Waals surface area (Å²) in [6.45, 7) is 2.07. The van der Waals surface area contributed by atoms with E-state index in [2.05, 4.69) is 11.9 Å². The third kappa shape index (κ3) is 1.99. The Labute approximate surface area is 89.2 Å². The van der Waals surface area contributed by atoms with E-state index in [0.29, 0.717) is 5.75 Å². The number of hydrogen-bond donors (Lipinski definition) is 1. The summed E-state index contributed by atoms with van der Waals surface area (Å²) in [6, 6.07) is 11.3. The number of phenolic OH excluding ortho intramolecular Hbond substituents is 1. The van der Waals surface area contributed by atoms with E-state index in [4.69, 9.17) is 0 Å². The monoisotopic (exact) mass is 199 g/mol. The zero-order valence-corrected chi connectivity index (χ0v) is 8.64. The van der Waals surface area contributed by atoms with Crippen molar-refractivity contribution in [2.75, 3.05) is 0 Å². The molecule has 0 aliphatic heterocycles. The first-order valence-corrected chi connectivity index (χ1v) is 5.04. The lowest BCUT2D eigenvalue weighted by molar-refractivity contribution is 0.477. The SMILES string of the molecule is CCc1ccc(-c2ccccc2O)cn1. The van der Waals surface area contributed by atoms with Crippen LogP contribution in [0.2, 0.25) is 0 Å². The Balaban J connectivity index is 2.42. The number of rotatable bonds is 2. The van der Waals surface area contributed by atoms with Crippen LogP contribution >= 0.6 is 0 Å². The van der Waals surface area contributed by atoms with Gasteiger partial charge in [-0.15, -0.1) is 0 Å². The van der Waals surface area contributed by atoms with E-state index in [1.54, 1.807) is 12.3 Å². The van der Waals surface area contributed by atoms with E-state index in [-0.39, 0.29) is 0 Å². The molecule has 0 bridgehead atoms. The number of aryl methyl sites for hydroxylation is 1. The van der Waals surface area contributed by atoms with Gasteiger partial charge in [0.15, 0.2) is 0 Å². The summed E-state index contributed by atoms with van der Waals surface area (Å²) in [5, 5.41) is 9.66. The van der Waals surface area contributed by atoms with Crippen LogP contribution in [0, 0.1) is 0 Å². The second-order valence-corrected chi connectivity index (χ2v) is 3.41. The van der Waals surface area contributed by atoms with Gasteiger partial charge >= 0.3 is 0 Å². The number of aromatic nitrogens is 1. The van der Waals surface area contributed by atoms with Gasteiger partial charge in [0.1, 0.15) is 5.75 Å². The van der Waals surface area contributed by atoms with Crippen LogP contribution in [0.15, 0.2) is 42.6 Å². The molecule has 1 heterocycles. The fourth-order valence-corrected chi connectivity index (χ4v) is 1.51. The zero-order chi connectivity index (χ0) is 10.7. The van der Waals surface area contributed by atoms with Gasteiger partial charge in [-0.2, -0.15) is 0 Å². The minimum atomic E-state index is 0.295. The van der Waals surface area contributed by atoms with E-state index < -0.39 is 0 Å². The van der Waals surface area contributed by atoms with Crippen molar-refractivity contribution < 1.29 is 5.11 Å². The molecule has 0 unspecified atom stereocenters. The van der Waals surface area contributed by atoms with Crippen molar-refractivity contribution in [3.63, 3.8) is 0 Å². The molecule has 0 atom stereocenters. The van der Waals surface area contributed by atoms with Gasteiger partial charge in [-0.3, -0.25) is 4.98 Å². The minimum Gasteiger partial charge on any atom is -0.507 e. The van der Waals surface area contributed by atoms with Crippen molar-refractivity contribution >= 4 is 0 Å². The van der Waals surface area contributed by atoms with Crippen molar-refractivity contribution in [1.82, 2.24) is 4.98 Å². The Bertz CT molecular complexity index is 448. The predicted octanol–water partition coefficient (Wildman–Crippen LogP) is 3.02. The van der Waals surface area contributed by atoms with Crippen molar-refractivity contribution in [2.45, 2.75) is 13.3 Å². The van der Waals surface area contributed by atoms with Gasteiger partial charge < -0.3 is 5.11 Å². The zero-order valence-electron chi connectivity index (χ0n) is 8.64. The molecule has 0 radical (unpaired) electrons. The lowest BCUT2D eigenvalue weighted by Gasteiger charge is -2.04. The molecule has 0 saturated carbocycles. The molecular formula is C13H13NO. The number of pyridine rings is 1. The highest BCUT2D eigenvalue weighted by Crippen LogP contribution is 2.27. The number of phenols is 1. The summed E-state index contributed by atoms with van der Waals surface area (Å²) in [7, 11) is 0. The van der Waals surface area contributed by atoms with Crippen LogP contribution in [-0.4, -0.2) is 10.1 Å². The van der Waals surface area contributed by atoms with E-state index in [0.717, 1.165) is 23.2 Å². The van der Waals surface area contributed by atoms with E-state index in [9.17, 15) is 5.11 Å². The average molecular weight is 199 g/mol. The van der Waals surface area contributed by atoms with Gasteiger partial charge in [-0.1, -0.05) is 31.2 Å². The highest BCUT2D eigenvalue weighted by atomic mass is 16.3. The Kier molecular flexibility index (Phi) is 2.68. The maximum Gasteiger partial charge on any atom is 0.123 e. The summed E-state index contributed by atoms with van der Waals surface area (Å²) < 4.78 is 0. The lowest BCUT2D eigenvalue weighted by atomic mass is 10.1. The molecule has 0 fully saturated rings. The third-order valence-corrected chi connectivity index (χ3v) is 2.40. The number of hydrogen-bond acceptors (Lipinski definition) is 2. The number of para-hydroxylation sites is 1. The van der Waals surface area contributed by atoms with Crippen molar-refractivity contribution in [1.29, 1.82) is 0 Å². The molecular weight excluding hydrogens is 186 g/mol. The van der Waals surface area contributed by atoms with Crippen LogP contribution in [0.4, 0.5) is 0 Å². The molecule has 0 amide bonds. The van der Waals surface area contributed by atoms with Gasteiger partial charge in [-0.25, -0.2) is 0 Å². The second-order valence-electron chi connectivity index (χ2n) is 3.41. The first-order valence-electron chi connectivity index (χ1n) is 5.04. The summed E-state index contributed by atoms with van der Waals surface area (Å²) in [6.07, 6.45) is 2.73. The second kappa shape index (κ2) is 4.13. The van der Waals surface area contributed by atoms with Gasteiger partial charge in [0.25, 0.3) is 0 Å². The Morgan fingerprint density at radius 2 is 1.93 bits per heavy atom. The first-order chi connectivity index (χ1) is 7.31.